The molecule has 0 amide bonds. The Balaban J connectivity index is 2.60. The monoisotopic (exact) mass is 176 g/mol. The van der Waals surface area contributed by atoms with E-state index < -0.39 is 0 Å². The van der Waals surface area contributed by atoms with E-state index in [-0.39, 0.29) is 0 Å². The molecule has 3 heteroatoms. The van der Waals surface area contributed by atoms with Crippen LogP contribution in [0.5, 0.6) is 0 Å². The van der Waals surface area contributed by atoms with E-state index in [0.29, 0.717) is 6.61 Å². The Bertz CT molecular complexity index is 420. The van der Waals surface area contributed by atoms with E-state index in [1.165, 1.54) is 0 Å². The summed E-state index contributed by atoms with van der Waals surface area (Å²) in [6, 6.07) is 8.07. The summed E-state index contributed by atoms with van der Waals surface area (Å²) in [6.45, 7) is 0.561. The van der Waals surface area contributed by atoms with Gasteiger partial charge in [-0.1, -0.05) is 12.1 Å². The van der Waals surface area contributed by atoms with Crippen molar-refractivity contribution in [1.82, 2.24) is 9.55 Å². The van der Waals surface area contributed by atoms with Crippen LogP contribution in [0.4, 0.5) is 0 Å². The highest BCUT2D eigenvalue weighted by atomic mass is 16.5. The van der Waals surface area contributed by atoms with Crippen LogP contribution >= 0.6 is 0 Å². The first kappa shape index (κ1) is 8.26. The summed E-state index contributed by atoms with van der Waals surface area (Å²) in [4.78, 5) is 4.44. The first-order chi connectivity index (χ1) is 6.33. The molecule has 2 aromatic rings. The molecule has 0 aliphatic heterocycles. The van der Waals surface area contributed by atoms with Crippen molar-refractivity contribution in [2.24, 2.45) is 7.05 Å². The Morgan fingerprint density at radius 3 is 2.85 bits per heavy atom. The minimum atomic E-state index is 0.561. The van der Waals surface area contributed by atoms with E-state index in [4.69, 9.17) is 4.74 Å². The number of para-hydroxylation sites is 2. The topological polar surface area (TPSA) is 27.1 Å². The van der Waals surface area contributed by atoms with Crippen molar-refractivity contribution in [3.8, 4) is 0 Å². The summed E-state index contributed by atoms with van der Waals surface area (Å²) in [5, 5.41) is 0. The van der Waals surface area contributed by atoms with E-state index >= 15 is 0 Å². The molecule has 13 heavy (non-hydrogen) atoms. The summed E-state index contributed by atoms with van der Waals surface area (Å²) >= 11 is 0. The number of aromatic nitrogens is 2. The quantitative estimate of drug-likeness (QED) is 0.696. The molecule has 0 spiro atoms. The maximum atomic E-state index is 5.05. The van der Waals surface area contributed by atoms with Gasteiger partial charge in [0.2, 0.25) is 0 Å². The van der Waals surface area contributed by atoms with Gasteiger partial charge in [-0.05, 0) is 12.1 Å². The maximum absolute atomic E-state index is 5.05. The number of nitrogens with zero attached hydrogens (tertiary/aromatic N) is 2. The lowest BCUT2D eigenvalue weighted by molar-refractivity contribution is 0.176. The van der Waals surface area contributed by atoms with E-state index in [9.17, 15) is 0 Å². The highest BCUT2D eigenvalue weighted by Crippen LogP contribution is 2.14. The minimum Gasteiger partial charge on any atom is -0.377 e. The van der Waals surface area contributed by atoms with Crippen molar-refractivity contribution < 1.29 is 4.74 Å². The van der Waals surface area contributed by atoms with Gasteiger partial charge in [0.05, 0.1) is 11.0 Å². The molecule has 0 bridgehead atoms. The molecular weight excluding hydrogens is 164 g/mol. The molecular formula is C10H12N2O. The number of rotatable bonds is 2. The molecule has 0 unspecified atom stereocenters. The largest absolute Gasteiger partial charge is 0.377 e. The predicted molar refractivity (Wildman–Crippen MR) is 51.4 cm³/mol. The fourth-order valence-corrected chi connectivity index (χ4v) is 1.45. The highest BCUT2D eigenvalue weighted by Gasteiger charge is 2.05. The van der Waals surface area contributed by atoms with E-state index in [0.717, 1.165) is 16.9 Å². The van der Waals surface area contributed by atoms with Gasteiger partial charge in [0.1, 0.15) is 12.4 Å². The van der Waals surface area contributed by atoms with Crippen LogP contribution in [-0.2, 0) is 18.4 Å². The van der Waals surface area contributed by atoms with Crippen LogP contribution in [0.15, 0.2) is 24.3 Å². The van der Waals surface area contributed by atoms with Crippen LogP contribution in [0.2, 0.25) is 0 Å². The third-order valence-electron chi connectivity index (χ3n) is 2.15. The fraction of sp³-hybridized carbons (Fsp3) is 0.300. The second kappa shape index (κ2) is 3.18. The predicted octanol–water partition coefficient (Wildman–Crippen LogP) is 1.72. The van der Waals surface area contributed by atoms with Crippen LogP contribution < -0.4 is 0 Å². The molecule has 1 heterocycles. The third-order valence-corrected chi connectivity index (χ3v) is 2.15. The molecule has 0 saturated carbocycles. The average molecular weight is 176 g/mol. The van der Waals surface area contributed by atoms with Crippen LogP contribution in [0.3, 0.4) is 0 Å². The van der Waals surface area contributed by atoms with Crippen molar-refractivity contribution in [2.45, 2.75) is 6.61 Å². The van der Waals surface area contributed by atoms with Gasteiger partial charge in [0.15, 0.2) is 0 Å². The number of ether oxygens (including phenoxy) is 1. The second-order valence-corrected chi connectivity index (χ2v) is 3.01. The Hall–Kier alpha value is -1.35. The first-order valence-electron chi connectivity index (χ1n) is 4.22. The van der Waals surface area contributed by atoms with Gasteiger partial charge in [0.25, 0.3) is 0 Å². The number of fused-ring (bicyclic) bond motifs is 1. The number of hydrogen-bond donors (Lipinski definition) is 0. The molecule has 1 aromatic heterocycles. The van der Waals surface area contributed by atoms with Gasteiger partial charge < -0.3 is 9.30 Å². The average Bonchev–Trinajstić information content (AvgIpc) is 2.46. The molecule has 0 aliphatic rings. The number of methoxy groups -OCH3 is 1. The van der Waals surface area contributed by atoms with Gasteiger partial charge in [0, 0.05) is 14.2 Å². The Morgan fingerprint density at radius 1 is 1.38 bits per heavy atom. The molecule has 68 valence electrons. The molecule has 3 nitrogen and oxygen atoms in total. The van der Waals surface area contributed by atoms with Crippen molar-refractivity contribution in [1.29, 1.82) is 0 Å². The number of hydrogen-bond acceptors (Lipinski definition) is 2. The molecule has 2 rings (SSSR count). The summed E-state index contributed by atoms with van der Waals surface area (Å²) in [5.41, 5.74) is 2.17. The lowest BCUT2D eigenvalue weighted by Gasteiger charge is -1.99. The summed E-state index contributed by atoms with van der Waals surface area (Å²) in [7, 11) is 3.68. The SMILES string of the molecule is COCc1nc2ccccc2n1C. The molecule has 1 aromatic carbocycles. The van der Waals surface area contributed by atoms with Crippen molar-refractivity contribution in [2.75, 3.05) is 7.11 Å². The number of benzene rings is 1. The molecule has 0 aliphatic carbocycles. The van der Waals surface area contributed by atoms with E-state index in [1.807, 2.05) is 25.2 Å². The van der Waals surface area contributed by atoms with Crippen molar-refractivity contribution >= 4 is 11.0 Å². The number of aryl methyl sites for hydroxylation is 1. The third kappa shape index (κ3) is 1.31. The highest BCUT2D eigenvalue weighted by molar-refractivity contribution is 5.75. The van der Waals surface area contributed by atoms with Crippen molar-refractivity contribution in [3.63, 3.8) is 0 Å². The Labute approximate surface area is 77.0 Å². The lowest BCUT2D eigenvalue weighted by atomic mass is 10.3. The van der Waals surface area contributed by atoms with Gasteiger partial charge in [-0.2, -0.15) is 0 Å². The molecule has 0 fully saturated rings. The van der Waals surface area contributed by atoms with Crippen LogP contribution in [0.1, 0.15) is 5.82 Å². The molecule has 0 saturated heterocycles. The minimum absolute atomic E-state index is 0.561. The second-order valence-electron chi connectivity index (χ2n) is 3.01. The van der Waals surface area contributed by atoms with Crippen LogP contribution in [0, 0.1) is 0 Å². The molecule has 0 atom stereocenters. The Kier molecular flexibility index (Phi) is 2.02. The standard InChI is InChI=1S/C10H12N2O/c1-12-9-6-4-3-5-8(9)11-10(12)7-13-2/h3-6H,7H2,1-2H3. The van der Waals surface area contributed by atoms with E-state index in [2.05, 4.69) is 15.6 Å². The molecule has 0 N–H and O–H groups in total. The van der Waals surface area contributed by atoms with Gasteiger partial charge in [-0.25, -0.2) is 4.98 Å². The van der Waals surface area contributed by atoms with Gasteiger partial charge in [-0.15, -0.1) is 0 Å². The van der Waals surface area contributed by atoms with Crippen LogP contribution in [0.25, 0.3) is 11.0 Å². The Morgan fingerprint density at radius 2 is 2.15 bits per heavy atom. The van der Waals surface area contributed by atoms with Gasteiger partial charge in [-0.3, -0.25) is 0 Å². The summed E-state index contributed by atoms with van der Waals surface area (Å²) in [6.07, 6.45) is 0. The zero-order chi connectivity index (χ0) is 9.26. The summed E-state index contributed by atoms with van der Waals surface area (Å²) < 4.78 is 7.11. The zero-order valence-corrected chi connectivity index (χ0v) is 7.82. The molecule has 0 radical (unpaired) electrons. The summed E-state index contributed by atoms with van der Waals surface area (Å²) in [5.74, 6) is 0.962. The zero-order valence-electron chi connectivity index (χ0n) is 7.82. The lowest BCUT2D eigenvalue weighted by Crippen LogP contribution is -1.98. The smallest absolute Gasteiger partial charge is 0.135 e. The van der Waals surface area contributed by atoms with Crippen LogP contribution in [-0.4, -0.2) is 16.7 Å². The maximum Gasteiger partial charge on any atom is 0.135 e. The van der Waals surface area contributed by atoms with Crippen molar-refractivity contribution in [3.05, 3.63) is 30.1 Å². The normalized spacial score (nSPS) is 10.9. The van der Waals surface area contributed by atoms with E-state index in [1.54, 1.807) is 7.11 Å². The number of imidazole rings is 1. The first-order valence-corrected chi connectivity index (χ1v) is 4.22. The fourth-order valence-electron chi connectivity index (χ4n) is 1.45. The van der Waals surface area contributed by atoms with Gasteiger partial charge >= 0.3 is 0 Å².